The molecular formula is C16H20N4O7. The highest BCUT2D eigenvalue weighted by molar-refractivity contribution is 5.94. The largest absolute Gasteiger partial charge is 0.466 e. The number of esters is 1. The molecule has 146 valence electrons. The van der Waals surface area contributed by atoms with Crippen molar-refractivity contribution in [1.29, 1.82) is 0 Å². The molecule has 11 heteroatoms. The molecule has 0 atom stereocenters. The number of amides is 1. The number of hydrogen-bond acceptors (Lipinski definition) is 8. The number of benzene rings is 1. The van der Waals surface area contributed by atoms with E-state index in [4.69, 9.17) is 4.74 Å². The van der Waals surface area contributed by atoms with Crippen molar-refractivity contribution >= 4 is 28.9 Å². The summed E-state index contributed by atoms with van der Waals surface area (Å²) in [5.41, 5.74) is -1.07. The smallest absolute Gasteiger partial charge is 0.309 e. The van der Waals surface area contributed by atoms with Gasteiger partial charge < -0.3 is 10.1 Å². The molecule has 0 unspecified atom stereocenters. The van der Waals surface area contributed by atoms with Crippen molar-refractivity contribution in [1.82, 2.24) is 4.90 Å². The molecule has 0 bridgehead atoms. The van der Waals surface area contributed by atoms with Crippen molar-refractivity contribution < 1.29 is 24.2 Å². The highest BCUT2D eigenvalue weighted by Gasteiger charge is 2.27. The third-order valence-electron chi connectivity index (χ3n) is 4.24. The normalized spacial score (nSPS) is 15.1. The van der Waals surface area contributed by atoms with Crippen LogP contribution in [-0.2, 0) is 14.3 Å². The van der Waals surface area contributed by atoms with Gasteiger partial charge in [-0.25, -0.2) is 0 Å². The van der Waals surface area contributed by atoms with Crippen molar-refractivity contribution in [2.24, 2.45) is 5.92 Å². The van der Waals surface area contributed by atoms with Crippen LogP contribution in [-0.4, -0.2) is 52.9 Å². The fraction of sp³-hybridized carbons (Fsp3) is 0.500. The molecule has 0 aromatic heterocycles. The molecule has 1 aliphatic rings. The Balaban J connectivity index is 1.94. The molecule has 0 saturated carbocycles. The number of nitrogens with one attached hydrogen (secondary N) is 1. The third-order valence-corrected chi connectivity index (χ3v) is 4.24. The standard InChI is InChI=1S/C16H20N4O7/c1-2-27-16(22)11-5-7-18(8-6-11)10-15(21)17-13-4-3-12(19(23)24)9-14(13)20(25)26/h3-4,9,11H,2,5-8,10H2,1H3,(H,17,21). The minimum absolute atomic E-state index is 0.00366. The van der Waals surface area contributed by atoms with Gasteiger partial charge in [-0.15, -0.1) is 0 Å². The molecule has 11 nitrogen and oxygen atoms in total. The summed E-state index contributed by atoms with van der Waals surface area (Å²) in [6.45, 7) is 3.13. The first-order valence-corrected chi connectivity index (χ1v) is 8.43. The van der Waals surface area contributed by atoms with Crippen LogP contribution in [0.1, 0.15) is 19.8 Å². The molecule has 1 aromatic carbocycles. The van der Waals surface area contributed by atoms with Gasteiger partial charge in [0.1, 0.15) is 5.69 Å². The average Bonchev–Trinajstić information content (AvgIpc) is 2.62. The molecule has 1 aliphatic heterocycles. The fourth-order valence-electron chi connectivity index (χ4n) is 2.87. The van der Waals surface area contributed by atoms with Gasteiger partial charge >= 0.3 is 5.97 Å². The highest BCUT2D eigenvalue weighted by Crippen LogP contribution is 2.29. The van der Waals surface area contributed by atoms with E-state index in [-0.39, 0.29) is 24.1 Å². The van der Waals surface area contributed by atoms with Crippen molar-refractivity contribution in [2.75, 3.05) is 31.6 Å². The van der Waals surface area contributed by atoms with E-state index in [2.05, 4.69) is 5.32 Å². The second-order valence-corrected chi connectivity index (χ2v) is 6.07. The number of carbonyl (C=O) groups is 2. The maximum atomic E-state index is 12.2. The number of rotatable bonds is 7. The molecule has 1 saturated heterocycles. The zero-order valence-corrected chi connectivity index (χ0v) is 14.8. The van der Waals surface area contributed by atoms with Crippen molar-refractivity contribution in [3.05, 3.63) is 38.4 Å². The first-order valence-electron chi connectivity index (χ1n) is 8.43. The van der Waals surface area contributed by atoms with Crippen LogP contribution >= 0.6 is 0 Å². The summed E-state index contributed by atoms with van der Waals surface area (Å²) >= 11 is 0. The topological polar surface area (TPSA) is 145 Å². The number of ether oxygens (including phenoxy) is 1. The average molecular weight is 380 g/mol. The van der Waals surface area contributed by atoms with E-state index in [1.165, 1.54) is 0 Å². The lowest BCUT2D eigenvalue weighted by Gasteiger charge is -2.30. The van der Waals surface area contributed by atoms with Crippen LogP contribution in [0.2, 0.25) is 0 Å². The lowest BCUT2D eigenvalue weighted by atomic mass is 9.97. The zero-order chi connectivity index (χ0) is 20.0. The van der Waals surface area contributed by atoms with Crippen molar-refractivity contribution in [3.63, 3.8) is 0 Å². The molecule has 0 aliphatic carbocycles. The van der Waals surface area contributed by atoms with Crippen LogP contribution in [0.15, 0.2) is 18.2 Å². The second kappa shape index (κ2) is 9.03. The summed E-state index contributed by atoms with van der Waals surface area (Å²) in [7, 11) is 0. The summed E-state index contributed by atoms with van der Waals surface area (Å²) in [5, 5.41) is 24.3. The van der Waals surface area contributed by atoms with Crippen LogP contribution < -0.4 is 5.32 Å². The maximum Gasteiger partial charge on any atom is 0.309 e. The van der Waals surface area contributed by atoms with E-state index < -0.39 is 27.1 Å². The predicted octanol–water partition coefficient (Wildman–Crippen LogP) is 1.72. The molecule has 0 spiro atoms. The number of carbonyl (C=O) groups excluding carboxylic acids is 2. The van der Waals surface area contributed by atoms with Crippen LogP contribution in [0.5, 0.6) is 0 Å². The second-order valence-electron chi connectivity index (χ2n) is 6.07. The van der Waals surface area contributed by atoms with Gasteiger partial charge in [-0.05, 0) is 38.9 Å². The molecule has 0 radical (unpaired) electrons. The van der Waals surface area contributed by atoms with E-state index >= 15 is 0 Å². The molecule has 1 aromatic rings. The van der Waals surface area contributed by atoms with E-state index in [1.54, 1.807) is 6.92 Å². The fourth-order valence-corrected chi connectivity index (χ4v) is 2.87. The van der Waals surface area contributed by atoms with E-state index in [1.807, 2.05) is 4.90 Å². The van der Waals surface area contributed by atoms with Gasteiger partial charge in [0, 0.05) is 6.07 Å². The van der Waals surface area contributed by atoms with Gasteiger partial charge in [0.15, 0.2) is 0 Å². The number of piperidine rings is 1. The first-order chi connectivity index (χ1) is 12.8. The van der Waals surface area contributed by atoms with Crippen LogP contribution in [0.4, 0.5) is 17.1 Å². The van der Waals surface area contributed by atoms with Crippen LogP contribution in [0.25, 0.3) is 0 Å². The summed E-state index contributed by atoms with van der Waals surface area (Å²) < 4.78 is 4.99. The number of nitro benzene ring substituents is 2. The van der Waals surface area contributed by atoms with Gasteiger partial charge in [0.05, 0.1) is 35.0 Å². The van der Waals surface area contributed by atoms with Gasteiger partial charge in [0.2, 0.25) is 5.91 Å². The van der Waals surface area contributed by atoms with Crippen molar-refractivity contribution in [2.45, 2.75) is 19.8 Å². The van der Waals surface area contributed by atoms with Crippen molar-refractivity contribution in [3.8, 4) is 0 Å². The number of anilines is 1. The molecule has 2 rings (SSSR count). The zero-order valence-electron chi connectivity index (χ0n) is 14.8. The minimum atomic E-state index is -0.784. The molecule has 1 amide bonds. The predicted molar refractivity (Wildman–Crippen MR) is 94.2 cm³/mol. The number of nitro groups is 2. The summed E-state index contributed by atoms with van der Waals surface area (Å²) in [5.74, 6) is -0.885. The summed E-state index contributed by atoms with van der Waals surface area (Å²) in [6, 6.07) is 3.04. The molecule has 1 heterocycles. The Morgan fingerprint density at radius 1 is 1.22 bits per heavy atom. The van der Waals surface area contributed by atoms with Crippen LogP contribution in [0.3, 0.4) is 0 Å². The lowest BCUT2D eigenvalue weighted by Crippen LogP contribution is -2.41. The Morgan fingerprint density at radius 3 is 2.44 bits per heavy atom. The SMILES string of the molecule is CCOC(=O)C1CCN(CC(=O)Nc2ccc([N+](=O)[O-])cc2[N+](=O)[O-])CC1. The maximum absolute atomic E-state index is 12.2. The Bertz CT molecular complexity index is 744. The van der Waals surface area contributed by atoms with E-state index in [0.29, 0.717) is 32.5 Å². The summed E-state index contributed by atoms with van der Waals surface area (Å²) in [6.07, 6.45) is 1.15. The third kappa shape index (κ3) is 5.45. The number of non-ortho nitro benzene ring substituents is 1. The minimum Gasteiger partial charge on any atom is -0.466 e. The Labute approximate surface area is 154 Å². The van der Waals surface area contributed by atoms with E-state index in [0.717, 1.165) is 18.2 Å². The number of likely N-dealkylation sites (tertiary alicyclic amines) is 1. The quantitative estimate of drug-likeness (QED) is 0.427. The Kier molecular flexibility index (Phi) is 6.77. The lowest BCUT2D eigenvalue weighted by molar-refractivity contribution is -0.393. The molecule has 1 N–H and O–H groups in total. The first kappa shape index (κ1) is 20.2. The van der Waals surface area contributed by atoms with E-state index in [9.17, 15) is 29.8 Å². The highest BCUT2D eigenvalue weighted by atomic mass is 16.6. The van der Waals surface area contributed by atoms with Gasteiger partial charge in [0.25, 0.3) is 11.4 Å². The van der Waals surface area contributed by atoms with Crippen LogP contribution in [0, 0.1) is 26.1 Å². The Morgan fingerprint density at radius 2 is 1.89 bits per heavy atom. The molecule has 1 fully saturated rings. The molecular weight excluding hydrogens is 360 g/mol. The number of hydrogen-bond donors (Lipinski definition) is 1. The monoisotopic (exact) mass is 380 g/mol. The van der Waals surface area contributed by atoms with Gasteiger partial charge in [-0.3, -0.25) is 34.7 Å². The summed E-state index contributed by atoms with van der Waals surface area (Å²) in [4.78, 5) is 46.1. The molecule has 27 heavy (non-hydrogen) atoms. The number of nitrogens with zero attached hydrogens (tertiary/aromatic N) is 3. The van der Waals surface area contributed by atoms with Gasteiger partial charge in [-0.2, -0.15) is 0 Å². The Hall–Kier alpha value is -3.08. The van der Waals surface area contributed by atoms with Gasteiger partial charge in [-0.1, -0.05) is 0 Å².